The Morgan fingerprint density at radius 2 is 1.63 bits per heavy atom. The average Bonchev–Trinajstić information content (AvgIpc) is 2.69. The van der Waals surface area contributed by atoms with Crippen LogP contribution in [0, 0.1) is 6.92 Å². The number of hydrogen-bond donors (Lipinski definition) is 2. The van der Waals surface area contributed by atoms with Crippen LogP contribution < -0.4 is 5.73 Å². The zero-order chi connectivity index (χ0) is 19.0. The molecule has 1 atom stereocenters. The Hall–Kier alpha value is -2.56. The maximum absolute atomic E-state index is 11.0. The summed E-state index contributed by atoms with van der Waals surface area (Å²) in [5.74, 6) is 0.176. The molecule has 4 rings (SSSR count). The van der Waals surface area contributed by atoms with E-state index in [0.717, 1.165) is 5.75 Å². The Morgan fingerprint density at radius 3 is 2.37 bits per heavy atom. The van der Waals surface area contributed by atoms with Gasteiger partial charge in [-0.15, -0.1) is 0 Å². The number of carboxylic acids is 1. The minimum atomic E-state index is -0.952. The molecule has 136 valence electrons. The highest BCUT2D eigenvalue weighted by atomic mass is 32.2. The van der Waals surface area contributed by atoms with Crippen molar-refractivity contribution in [2.75, 3.05) is 5.75 Å². The highest BCUT2D eigenvalue weighted by Gasteiger charge is 2.15. The molecule has 0 aliphatic carbocycles. The second-order valence-electron chi connectivity index (χ2n) is 6.82. The molecule has 0 saturated heterocycles. The zero-order valence-corrected chi connectivity index (χ0v) is 15.9. The van der Waals surface area contributed by atoms with Crippen molar-refractivity contribution in [2.45, 2.75) is 18.7 Å². The Bertz CT molecular complexity index is 1170. The third-order valence-corrected chi connectivity index (χ3v) is 6.23. The molecule has 3 nitrogen and oxygen atoms in total. The molecule has 0 heterocycles. The van der Waals surface area contributed by atoms with Crippen LogP contribution in [0.15, 0.2) is 60.7 Å². The number of hydrogen-bond acceptors (Lipinski definition) is 3. The van der Waals surface area contributed by atoms with Crippen molar-refractivity contribution in [1.82, 2.24) is 0 Å². The first-order chi connectivity index (χ1) is 13.1. The van der Waals surface area contributed by atoms with E-state index >= 15 is 0 Å². The molecular formula is C23H21NO2S. The van der Waals surface area contributed by atoms with Gasteiger partial charge in [-0.05, 0) is 50.4 Å². The Kier molecular flexibility index (Phi) is 4.77. The van der Waals surface area contributed by atoms with Gasteiger partial charge in [0.1, 0.15) is 6.04 Å². The topological polar surface area (TPSA) is 63.3 Å². The predicted molar refractivity (Wildman–Crippen MR) is 115 cm³/mol. The van der Waals surface area contributed by atoms with Gasteiger partial charge in [0, 0.05) is 11.5 Å². The SMILES string of the molecule is Cc1c2ccccc2c(CSCC(N)C(=O)O)c2ccc3ccccc3c12. The zero-order valence-electron chi connectivity index (χ0n) is 15.1. The summed E-state index contributed by atoms with van der Waals surface area (Å²) in [5.41, 5.74) is 8.22. The first kappa shape index (κ1) is 17.8. The van der Waals surface area contributed by atoms with Gasteiger partial charge in [-0.25, -0.2) is 0 Å². The standard InChI is InChI=1S/C23H21NO2S/c1-14-16-7-4-5-9-18(16)20(12-27-13-21(24)23(25)26)19-11-10-15-6-2-3-8-17(15)22(14)19/h2-11,21H,12-13,24H2,1H3,(H,25,26). The molecule has 0 aliphatic heterocycles. The maximum Gasteiger partial charge on any atom is 0.321 e. The highest BCUT2D eigenvalue weighted by Crippen LogP contribution is 2.38. The van der Waals surface area contributed by atoms with E-state index in [1.165, 1.54) is 43.4 Å². The van der Waals surface area contributed by atoms with E-state index in [-0.39, 0.29) is 0 Å². The molecule has 27 heavy (non-hydrogen) atoms. The smallest absolute Gasteiger partial charge is 0.321 e. The minimum absolute atomic E-state index is 0.395. The molecule has 0 aliphatic rings. The summed E-state index contributed by atoms with van der Waals surface area (Å²) in [6, 6.07) is 20.5. The van der Waals surface area contributed by atoms with Gasteiger partial charge in [0.2, 0.25) is 0 Å². The summed E-state index contributed by atoms with van der Waals surface area (Å²) in [6.07, 6.45) is 0. The van der Waals surface area contributed by atoms with Gasteiger partial charge >= 0.3 is 5.97 Å². The van der Waals surface area contributed by atoms with E-state index < -0.39 is 12.0 Å². The maximum atomic E-state index is 11.0. The molecule has 4 aromatic carbocycles. The number of benzene rings is 4. The fraction of sp³-hybridized carbons (Fsp3) is 0.174. The Labute approximate surface area is 162 Å². The number of aryl methyl sites for hydroxylation is 1. The number of thioether (sulfide) groups is 1. The molecule has 0 radical (unpaired) electrons. The van der Waals surface area contributed by atoms with Crippen LogP contribution in [-0.4, -0.2) is 22.9 Å². The van der Waals surface area contributed by atoms with Gasteiger partial charge in [-0.1, -0.05) is 60.7 Å². The third-order valence-electron chi connectivity index (χ3n) is 5.15. The summed E-state index contributed by atoms with van der Waals surface area (Å²) in [4.78, 5) is 11.0. The first-order valence-electron chi connectivity index (χ1n) is 8.95. The number of nitrogens with two attached hydrogens (primary N) is 1. The summed E-state index contributed by atoms with van der Waals surface area (Å²) < 4.78 is 0. The van der Waals surface area contributed by atoms with Crippen LogP contribution in [0.4, 0.5) is 0 Å². The van der Waals surface area contributed by atoms with E-state index in [1.54, 1.807) is 11.8 Å². The lowest BCUT2D eigenvalue weighted by Crippen LogP contribution is -2.32. The predicted octanol–water partition coefficient (Wildman–Crippen LogP) is 5.10. The molecule has 3 N–H and O–H groups in total. The highest BCUT2D eigenvalue weighted by molar-refractivity contribution is 7.98. The van der Waals surface area contributed by atoms with Crippen molar-refractivity contribution < 1.29 is 9.90 Å². The lowest BCUT2D eigenvalue weighted by Gasteiger charge is -2.17. The molecular weight excluding hydrogens is 354 g/mol. The fourth-order valence-electron chi connectivity index (χ4n) is 3.79. The largest absolute Gasteiger partial charge is 0.480 e. The van der Waals surface area contributed by atoms with Crippen LogP contribution in [0.25, 0.3) is 32.3 Å². The van der Waals surface area contributed by atoms with Gasteiger partial charge in [-0.2, -0.15) is 11.8 Å². The van der Waals surface area contributed by atoms with Crippen molar-refractivity contribution in [1.29, 1.82) is 0 Å². The molecule has 0 saturated carbocycles. The summed E-state index contributed by atoms with van der Waals surface area (Å²) in [6.45, 7) is 2.19. The minimum Gasteiger partial charge on any atom is -0.480 e. The van der Waals surface area contributed by atoms with Gasteiger partial charge in [0.05, 0.1) is 0 Å². The van der Waals surface area contributed by atoms with Crippen molar-refractivity contribution in [3.63, 3.8) is 0 Å². The van der Waals surface area contributed by atoms with Crippen LogP contribution in [0.1, 0.15) is 11.1 Å². The lowest BCUT2D eigenvalue weighted by atomic mass is 9.90. The number of rotatable bonds is 5. The van der Waals surface area contributed by atoms with Crippen LogP contribution in [0.5, 0.6) is 0 Å². The molecule has 0 bridgehead atoms. The fourth-order valence-corrected chi connectivity index (χ4v) is 4.82. The monoisotopic (exact) mass is 375 g/mol. The van der Waals surface area contributed by atoms with E-state index in [0.29, 0.717) is 5.75 Å². The van der Waals surface area contributed by atoms with E-state index in [1.807, 2.05) is 0 Å². The molecule has 4 aromatic rings. The second kappa shape index (κ2) is 7.22. The lowest BCUT2D eigenvalue weighted by molar-refractivity contribution is -0.137. The summed E-state index contributed by atoms with van der Waals surface area (Å²) >= 11 is 1.58. The van der Waals surface area contributed by atoms with Crippen molar-refractivity contribution in [2.24, 2.45) is 5.73 Å². The van der Waals surface area contributed by atoms with Crippen molar-refractivity contribution >= 4 is 50.0 Å². The van der Waals surface area contributed by atoms with Crippen LogP contribution in [-0.2, 0) is 10.5 Å². The van der Waals surface area contributed by atoms with Crippen molar-refractivity contribution in [3.05, 3.63) is 71.8 Å². The third kappa shape index (κ3) is 3.15. The molecule has 0 amide bonds. The molecule has 0 fully saturated rings. The number of fused-ring (bicyclic) bond motifs is 4. The molecule has 0 spiro atoms. The Balaban J connectivity index is 1.93. The molecule has 4 heteroatoms. The van der Waals surface area contributed by atoms with Gasteiger partial charge in [-0.3, -0.25) is 4.79 Å². The number of carboxylic acid groups (broad SMARTS) is 1. The van der Waals surface area contributed by atoms with E-state index in [2.05, 4.69) is 67.6 Å². The molecule has 1 unspecified atom stereocenters. The molecule has 0 aromatic heterocycles. The quantitative estimate of drug-likeness (QED) is 0.376. The summed E-state index contributed by atoms with van der Waals surface area (Å²) in [7, 11) is 0. The number of carbonyl (C=O) groups is 1. The van der Waals surface area contributed by atoms with Crippen LogP contribution in [0.2, 0.25) is 0 Å². The van der Waals surface area contributed by atoms with Crippen LogP contribution in [0.3, 0.4) is 0 Å². The van der Waals surface area contributed by atoms with E-state index in [9.17, 15) is 4.79 Å². The Morgan fingerprint density at radius 1 is 0.963 bits per heavy atom. The average molecular weight is 375 g/mol. The van der Waals surface area contributed by atoms with Crippen molar-refractivity contribution in [3.8, 4) is 0 Å². The van der Waals surface area contributed by atoms with E-state index in [4.69, 9.17) is 10.8 Å². The van der Waals surface area contributed by atoms with Gasteiger partial charge in [0.25, 0.3) is 0 Å². The number of aliphatic carboxylic acids is 1. The van der Waals surface area contributed by atoms with Gasteiger partial charge < -0.3 is 10.8 Å². The first-order valence-corrected chi connectivity index (χ1v) is 10.1. The van der Waals surface area contributed by atoms with Crippen LogP contribution >= 0.6 is 11.8 Å². The van der Waals surface area contributed by atoms with Gasteiger partial charge in [0.15, 0.2) is 0 Å². The second-order valence-corrected chi connectivity index (χ2v) is 7.85. The summed E-state index contributed by atoms with van der Waals surface area (Å²) in [5, 5.41) is 16.5. The normalized spacial score (nSPS) is 12.7.